The van der Waals surface area contributed by atoms with E-state index < -0.39 is 12.0 Å². The van der Waals surface area contributed by atoms with Crippen molar-refractivity contribution >= 4 is 34.5 Å². The largest absolute Gasteiger partial charge is 0.480 e. The van der Waals surface area contributed by atoms with Gasteiger partial charge in [-0.2, -0.15) is 0 Å². The smallest absolute Gasteiger partial charge is 0.326 e. The highest BCUT2D eigenvalue weighted by molar-refractivity contribution is 7.99. The van der Waals surface area contributed by atoms with Gasteiger partial charge in [-0.3, -0.25) is 4.79 Å². The molecule has 1 amide bonds. The number of thioether (sulfide) groups is 1. The van der Waals surface area contributed by atoms with Crippen LogP contribution in [0, 0.1) is 0 Å². The molecule has 2 heterocycles. The monoisotopic (exact) mass is 388 g/mol. The fraction of sp³-hybridized carbons (Fsp3) is 0.353. The Bertz CT molecular complexity index is 951. The summed E-state index contributed by atoms with van der Waals surface area (Å²) in [7, 11) is 0. The average Bonchev–Trinajstić information content (AvgIpc) is 3.26. The van der Waals surface area contributed by atoms with Gasteiger partial charge in [0.25, 0.3) is 0 Å². The minimum atomic E-state index is -1.08. The number of amides is 1. The highest BCUT2D eigenvalue weighted by Gasteiger charge is 2.22. The number of benzene rings is 1. The Morgan fingerprint density at radius 3 is 2.85 bits per heavy atom. The maximum atomic E-state index is 12.2. The zero-order chi connectivity index (χ0) is 19.4. The highest BCUT2D eigenvalue weighted by Crippen LogP contribution is 2.20. The van der Waals surface area contributed by atoms with E-state index in [9.17, 15) is 14.7 Å². The molecule has 1 aromatic carbocycles. The number of aromatic nitrogens is 5. The van der Waals surface area contributed by atoms with Crippen LogP contribution >= 0.6 is 11.8 Å². The predicted octanol–water partition coefficient (Wildman–Crippen LogP) is 1.64. The second-order valence-electron chi connectivity index (χ2n) is 6.31. The maximum absolute atomic E-state index is 12.2. The van der Waals surface area contributed by atoms with Gasteiger partial charge >= 0.3 is 5.97 Å². The zero-order valence-corrected chi connectivity index (χ0v) is 15.7. The summed E-state index contributed by atoms with van der Waals surface area (Å²) in [5.74, 6) is -1.43. The van der Waals surface area contributed by atoms with E-state index in [1.165, 1.54) is 11.8 Å². The van der Waals surface area contributed by atoms with E-state index in [2.05, 4.69) is 25.8 Å². The molecule has 0 aliphatic carbocycles. The zero-order valence-electron chi connectivity index (χ0n) is 14.9. The van der Waals surface area contributed by atoms with Gasteiger partial charge in [0, 0.05) is 23.5 Å². The van der Waals surface area contributed by atoms with Crippen LogP contribution in [0.3, 0.4) is 0 Å². The minimum Gasteiger partial charge on any atom is -0.480 e. The predicted molar refractivity (Wildman–Crippen MR) is 100 cm³/mol. The van der Waals surface area contributed by atoms with E-state index in [1.807, 2.05) is 38.1 Å². The van der Waals surface area contributed by atoms with Crippen molar-refractivity contribution in [1.29, 1.82) is 0 Å². The Kier molecular flexibility index (Phi) is 5.75. The molecule has 142 valence electrons. The third kappa shape index (κ3) is 4.45. The molecule has 0 fully saturated rings. The highest BCUT2D eigenvalue weighted by atomic mass is 32.2. The molecule has 3 N–H and O–H groups in total. The number of nitrogens with zero attached hydrogens (tertiary/aromatic N) is 4. The number of hydrogen-bond acceptors (Lipinski definition) is 6. The van der Waals surface area contributed by atoms with Gasteiger partial charge in [-0.1, -0.05) is 30.0 Å². The number of carbonyl (C=O) groups excluding carboxylic acids is 1. The lowest BCUT2D eigenvalue weighted by Crippen LogP contribution is -2.43. The molecule has 10 heteroatoms. The molecule has 3 rings (SSSR count). The first-order valence-corrected chi connectivity index (χ1v) is 9.42. The van der Waals surface area contributed by atoms with E-state index in [4.69, 9.17) is 0 Å². The molecule has 27 heavy (non-hydrogen) atoms. The summed E-state index contributed by atoms with van der Waals surface area (Å²) in [6, 6.07) is 6.69. The third-order valence-corrected chi connectivity index (χ3v) is 4.95. The van der Waals surface area contributed by atoms with Crippen LogP contribution in [0.5, 0.6) is 0 Å². The van der Waals surface area contributed by atoms with Crippen LogP contribution in [0.4, 0.5) is 0 Å². The molecule has 1 unspecified atom stereocenters. The number of para-hydroxylation sites is 1. The Morgan fingerprint density at radius 2 is 2.11 bits per heavy atom. The number of nitrogens with one attached hydrogen (secondary N) is 2. The van der Waals surface area contributed by atoms with Crippen LogP contribution in [0.2, 0.25) is 0 Å². The first-order valence-electron chi connectivity index (χ1n) is 8.43. The number of aliphatic carboxylic acids is 1. The molecule has 0 aliphatic heterocycles. The Labute approximate surface area is 159 Å². The molecule has 0 aliphatic rings. The molecule has 0 saturated heterocycles. The fourth-order valence-electron chi connectivity index (χ4n) is 2.69. The molecule has 9 nitrogen and oxygen atoms in total. The Morgan fingerprint density at radius 1 is 1.33 bits per heavy atom. The lowest BCUT2D eigenvalue weighted by molar-refractivity contribution is -0.141. The standard InChI is InChI=1S/C17H20N6O3S/c1-10(2)23-17(20-21-22-23)27-9-15(24)19-14(16(25)26)7-11-8-18-13-6-4-3-5-12(11)13/h3-6,8,10,14,18H,7,9H2,1-2H3,(H,19,24)(H,25,26). The topological polar surface area (TPSA) is 126 Å². The number of tetrazole rings is 1. The van der Waals surface area contributed by atoms with E-state index in [0.717, 1.165) is 16.5 Å². The van der Waals surface area contributed by atoms with Gasteiger partial charge in [0.2, 0.25) is 11.1 Å². The van der Waals surface area contributed by atoms with Gasteiger partial charge < -0.3 is 15.4 Å². The summed E-state index contributed by atoms with van der Waals surface area (Å²) in [6.45, 7) is 3.87. The van der Waals surface area contributed by atoms with Crippen molar-refractivity contribution in [3.05, 3.63) is 36.0 Å². The molecule has 2 aromatic heterocycles. The first-order chi connectivity index (χ1) is 13.0. The maximum Gasteiger partial charge on any atom is 0.326 e. The van der Waals surface area contributed by atoms with Gasteiger partial charge in [-0.25, -0.2) is 9.48 Å². The lowest BCUT2D eigenvalue weighted by atomic mass is 10.1. The van der Waals surface area contributed by atoms with Crippen molar-refractivity contribution < 1.29 is 14.7 Å². The van der Waals surface area contributed by atoms with Crippen molar-refractivity contribution in [2.24, 2.45) is 0 Å². The van der Waals surface area contributed by atoms with Crippen LogP contribution in [0.15, 0.2) is 35.6 Å². The summed E-state index contributed by atoms with van der Waals surface area (Å²) in [4.78, 5) is 27.0. The number of hydrogen-bond donors (Lipinski definition) is 3. The summed E-state index contributed by atoms with van der Waals surface area (Å²) >= 11 is 1.17. The van der Waals surface area contributed by atoms with Crippen LogP contribution < -0.4 is 5.32 Å². The molecule has 3 aromatic rings. The van der Waals surface area contributed by atoms with Crippen LogP contribution in [-0.2, 0) is 16.0 Å². The number of H-pyrrole nitrogens is 1. The van der Waals surface area contributed by atoms with Gasteiger partial charge in [0.15, 0.2) is 0 Å². The fourth-order valence-corrected chi connectivity index (χ4v) is 3.51. The van der Waals surface area contributed by atoms with Crippen LogP contribution in [0.25, 0.3) is 10.9 Å². The second-order valence-corrected chi connectivity index (χ2v) is 7.25. The van der Waals surface area contributed by atoms with Crippen molar-refractivity contribution in [1.82, 2.24) is 30.5 Å². The number of carbonyl (C=O) groups is 2. The second kappa shape index (κ2) is 8.21. The van der Waals surface area contributed by atoms with E-state index in [0.29, 0.717) is 5.16 Å². The van der Waals surface area contributed by atoms with Crippen LogP contribution in [0.1, 0.15) is 25.5 Å². The molecule has 0 saturated carbocycles. The third-order valence-electron chi connectivity index (χ3n) is 4.02. The van der Waals surface area contributed by atoms with E-state index >= 15 is 0 Å². The van der Waals surface area contributed by atoms with E-state index in [1.54, 1.807) is 10.9 Å². The lowest BCUT2D eigenvalue weighted by Gasteiger charge is -2.14. The Balaban J connectivity index is 1.63. The normalized spacial score (nSPS) is 12.4. The molecular weight excluding hydrogens is 368 g/mol. The molecule has 1 atom stereocenters. The molecule has 0 radical (unpaired) electrons. The van der Waals surface area contributed by atoms with Gasteiger partial charge in [0.1, 0.15) is 6.04 Å². The summed E-state index contributed by atoms with van der Waals surface area (Å²) in [6.07, 6.45) is 1.97. The van der Waals surface area contributed by atoms with Crippen molar-refractivity contribution in [2.75, 3.05) is 5.75 Å². The van der Waals surface area contributed by atoms with Crippen molar-refractivity contribution in [2.45, 2.75) is 37.5 Å². The summed E-state index contributed by atoms with van der Waals surface area (Å²) in [5.41, 5.74) is 1.77. The van der Waals surface area contributed by atoms with Gasteiger partial charge in [0.05, 0.1) is 11.8 Å². The number of carboxylic acids is 1. The van der Waals surface area contributed by atoms with Gasteiger partial charge in [-0.05, 0) is 35.9 Å². The molecule has 0 bridgehead atoms. The van der Waals surface area contributed by atoms with Crippen LogP contribution in [-0.4, -0.2) is 54.0 Å². The van der Waals surface area contributed by atoms with Gasteiger partial charge in [-0.15, -0.1) is 5.10 Å². The average molecular weight is 388 g/mol. The summed E-state index contributed by atoms with van der Waals surface area (Å²) in [5, 5.41) is 24.9. The molecular formula is C17H20N6O3S. The number of fused-ring (bicyclic) bond motifs is 1. The number of aromatic amines is 1. The van der Waals surface area contributed by atoms with E-state index in [-0.39, 0.29) is 24.1 Å². The first kappa shape index (κ1) is 18.9. The quantitative estimate of drug-likeness (QED) is 0.501. The molecule has 0 spiro atoms. The number of rotatable bonds is 8. The summed E-state index contributed by atoms with van der Waals surface area (Å²) < 4.78 is 1.61. The van der Waals surface area contributed by atoms with Crippen molar-refractivity contribution in [3.8, 4) is 0 Å². The minimum absolute atomic E-state index is 0.0325. The number of carboxylic acid groups (broad SMARTS) is 1. The Hall–Kier alpha value is -2.88. The van der Waals surface area contributed by atoms with Crippen molar-refractivity contribution in [3.63, 3.8) is 0 Å². The SMILES string of the molecule is CC(C)n1nnnc1SCC(=O)NC(Cc1c[nH]c2ccccc12)C(=O)O.